The summed E-state index contributed by atoms with van der Waals surface area (Å²) in [4.78, 5) is 19.0. The van der Waals surface area contributed by atoms with Crippen molar-refractivity contribution in [1.82, 2.24) is 9.38 Å². The molecule has 0 bridgehead atoms. The predicted molar refractivity (Wildman–Crippen MR) is 79.9 cm³/mol. The first-order valence-electron chi connectivity index (χ1n) is 7.10. The molecule has 0 saturated carbocycles. The van der Waals surface area contributed by atoms with Gasteiger partial charge in [-0.3, -0.25) is 9.20 Å². The Balaban J connectivity index is 1.82. The minimum absolute atomic E-state index is 0.253. The lowest BCUT2D eigenvalue weighted by Gasteiger charge is -2.33. The summed E-state index contributed by atoms with van der Waals surface area (Å²) in [6, 6.07) is 0. The molecule has 0 radical (unpaired) electrons. The van der Waals surface area contributed by atoms with Gasteiger partial charge in [-0.1, -0.05) is 6.92 Å². The molecule has 20 heavy (non-hydrogen) atoms. The molecule has 5 nitrogen and oxygen atoms in total. The molecule has 6 heteroatoms. The zero-order chi connectivity index (χ0) is 13.9. The van der Waals surface area contributed by atoms with Gasteiger partial charge in [-0.25, -0.2) is 4.98 Å². The molecule has 3 rings (SSSR count). The number of nitrogens with zero attached hydrogens (tertiary/aromatic N) is 3. The smallest absolute Gasteiger partial charge is 0.196 e. The van der Waals surface area contributed by atoms with E-state index < -0.39 is 0 Å². The van der Waals surface area contributed by atoms with Gasteiger partial charge in [0.1, 0.15) is 5.69 Å². The third-order valence-corrected chi connectivity index (χ3v) is 4.38. The molecule has 3 heterocycles. The van der Waals surface area contributed by atoms with Crippen molar-refractivity contribution in [3.8, 4) is 0 Å². The molecule has 2 aromatic rings. The Hall–Kier alpha value is -1.40. The normalized spacial score (nSPS) is 19.6. The van der Waals surface area contributed by atoms with E-state index in [9.17, 15) is 4.79 Å². The molecule has 1 atom stereocenters. The van der Waals surface area contributed by atoms with Crippen LogP contribution < -0.4 is 4.90 Å². The van der Waals surface area contributed by atoms with Crippen molar-refractivity contribution in [2.45, 2.75) is 32.3 Å². The largest absolute Gasteiger partial charge is 0.376 e. The summed E-state index contributed by atoms with van der Waals surface area (Å²) in [5.74, 6) is 0.802. The van der Waals surface area contributed by atoms with Crippen molar-refractivity contribution in [3.05, 3.63) is 17.3 Å². The van der Waals surface area contributed by atoms with E-state index in [0.29, 0.717) is 5.69 Å². The van der Waals surface area contributed by atoms with E-state index in [1.54, 1.807) is 11.3 Å². The van der Waals surface area contributed by atoms with Gasteiger partial charge in [0.05, 0.1) is 6.10 Å². The summed E-state index contributed by atoms with van der Waals surface area (Å²) >= 11 is 1.55. The van der Waals surface area contributed by atoms with E-state index in [0.717, 1.165) is 56.0 Å². The number of hydrogen-bond acceptors (Lipinski definition) is 5. The van der Waals surface area contributed by atoms with Crippen LogP contribution in [-0.4, -0.2) is 41.5 Å². The van der Waals surface area contributed by atoms with E-state index in [1.807, 2.05) is 16.0 Å². The highest BCUT2D eigenvalue weighted by atomic mass is 32.1. The fraction of sp³-hybridized carbons (Fsp3) is 0.571. The summed E-state index contributed by atoms with van der Waals surface area (Å²) in [6.45, 7) is 4.69. The van der Waals surface area contributed by atoms with Crippen LogP contribution in [0.4, 0.5) is 5.82 Å². The maximum atomic E-state index is 11.4. The highest BCUT2D eigenvalue weighted by Crippen LogP contribution is 2.26. The van der Waals surface area contributed by atoms with Gasteiger partial charge in [-0.2, -0.15) is 0 Å². The average molecular weight is 293 g/mol. The van der Waals surface area contributed by atoms with Gasteiger partial charge in [0.15, 0.2) is 17.1 Å². The van der Waals surface area contributed by atoms with Crippen LogP contribution in [0.5, 0.6) is 0 Å². The van der Waals surface area contributed by atoms with Crippen molar-refractivity contribution in [1.29, 1.82) is 0 Å². The minimum atomic E-state index is 0.253. The lowest BCUT2D eigenvalue weighted by molar-refractivity contribution is 0.0439. The second-order valence-electron chi connectivity index (χ2n) is 5.08. The quantitative estimate of drug-likeness (QED) is 0.795. The first kappa shape index (κ1) is 13.6. The van der Waals surface area contributed by atoms with Crippen LogP contribution in [0.2, 0.25) is 0 Å². The van der Waals surface area contributed by atoms with Crippen molar-refractivity contribution in [2.24, 2.45) is 0 Å². The minimum Gasteiger partial charge on any atom is -0.376 e. The number of anilines is 1. The summed E-state index contributed by atoms with van der Waals surface area (Å²) < 4.78 is 7.72. The molecule has 0 spiro atoms. The van der Waals surface area contributed by atoms with E-state index in [4.69, 9.17) is 4.74 Å². The molecule has 0 amide bonds. The predicted octanol–water partition coefficient (Wildman–Crippen LogP) is 2.60. The standard InChI is InChI=1S/C14H19N3O2S/c1-2-7-19-11-4-3-5-16(9-11)13-12(10-18)17-6-8-20-14(17)15-13/h6,8,10-11H,2-5,7,9H2,1H3. The van der Waals surface area contributed by atoms with Gasteiger partial charge in [0.2, 0.25) is 0 Å². The lowest BCUT2D eigenvalue weighted by atomic mass is 10.1. The number of piperidine rings is 1. The van der Waals surface area contributed by atoms with E-state index in [2.05, 4.69) is 16.8 Å². The second kappa shape index (κ2) is 5.93. The Labute approximate surface area is 122 Å². The van der Waals surface area contributed by atoms with Crippen molar-refractivity contribution >= 4 is 28.4 Å². The topological polar surface area (TPSA) is 46.8 Å². The molecule has 1 saturated heterocycles. The summed E-state index contributed by atoms with van der Waals surface area (Å²) in [5, 5.41) is 1.95. The van der Waals surface area contributed by atoms with Gasteiger partial charge in [0, 0.05) is 31.3 Å². The Morgan fingerprint density at radius 2 is 2.50 bits per heavy atom. The second-order valence-corrected chi connectivity index (χ2v) is 5.95. The Bertz CT molecular complexity index is 592. The Morgan fingerprint density at radius 3 is 3.30 bits per heavy atom. The monoisotopic (exact) mass is 293 g/mol. The van der Waals surface area contributed by atoms with Crippen LogP contribution >= 0.6 is 11.3 Å². The average Bonchev–Trinajstić information content (AvgIpc) is 3.05. The van der Waals surface area contributed by atoms with E-state index in [-0.39, 0.29) is 6.10 Å². The number of aromatic nitrogens is 2. The lowest BCUT2D eigenvalue weighted by Crippen LogP contribution is -2.40. The van der Waals surface area contributed by atoms with Gasteiger partial charge >= 0.3 is 0 Å². The zero-order valence-electron chi connectivity index (χ0n) is 11.6. The molecule has 0 N–H and O–H groups in total. The summed E-state index contributed by atoms with van der Waals surface area (Å²) in [7, 11) is 0. The number of carbonyl (C=O) groups is 1. The number of aldehydes is 1. The molecular weight excluding hydrogens is 274 g/mol. The summed E-state index contributed by atoms with van der Waals surface area (Å²) in [6.07, 6.45) is 6.26. The Kier molecular flexibility index (Phi) is 4.03. The molecular formula is C14H19N3O2S. The van der Waals surface area contributed by atoms with Crippen LogP contribution in [0.3, 0.4) is 0 Å². The fourth-order valence-electron chi connectivity index (χ4n) is 2.69. The fourth-order valence-corrected chi connectivity index (χ4v) is 3.40. The number of ether oxygens (including phenoxy) is 1. The molecule has 0 aliphatic carbocycles. The van der Waals surface area contributed by atoms with Crippen LogP contribution in [0.25, 0.3) is 4.96 Å². The molecule has 1 unspecified atom stereocenters. The van der Waals surface area contributed by atoms with E-state index in [1.165, 1.54) is 0 Å². The van der Waals surface area contributed by atoms with Crippen molar-refractivity contribution < 1.29 is 9.53 Å². The number of imidazole rings is 1. The zero-order valence-corrected chi connectivity index (χ0v) is 12.4. The maximum Gasteiger partial charge on any atom is 0.196 e. The first-order chi connectivity index (χ1) is 9.83. The number of thiazole rings is 1. The molecule has 1 fully saturated rings. The summed E-state index contributed by atoms with van der Waals surface area (Å²) in [5.41, 5.74) is 0.650. The number of carbonyl (C=O) groups excluding carboxylic acids is 1. The van der Waals surface area contributed by atoms with Crippen LogP contribution in [-0.2, 0) is 4.74 Å². The Morgan fingerprint density at radius 1 is 1.60 bits per heavy atom. The molecule has 108 valence electrons. The highest BCUT2D eigenvalue weighted by Gasteiger charge is 2.25. The number of rotatable bonds is 5. The highest BCUT2D eigenvalue weighted by molar-refractivity contribution is 7.15. The van der Waals surface area contributed by atoms with Gasteiger partial charge < -0.3 is 9.64 Å². The van der Waals surface area contributed by atoms with Crippen LogP contribution in [0.1, 0.15) is 36.7 Å². The van der Waals surface area contributed by atoms with Gasteiger partial charge in [-0.15, -0.1) is 11.3 Å². The van der Waals surface area contributed by atoms with Crippen LogP contribution in [0, 0.1) is 0 Å². The number of hydrogen-bond donors (Lipinski definition) is 0. The maximum absolute atomic E-state index is 11.4. The van der Waals surface area contributed by atoms with Crippen molar-refractivity contribution in [2.75, 3.05) is 24.6 Å². The molecule has 2 aromatic heterocycles. The number of fused-ring (bicyclic) bond motifs is 1. The first-order valence-corrected chi connectivity index (χ1v) is 7.98. The van der Waals surface area contributed by atoms with Gasteiger partial charge in [0.25, 0.3) is 0 Å². The van der Waals surface area contributed by atoms with Gasteiger partial charge in [-0.05, 0) is 19.3 Å². The van der Waals surface area contributed by atoms with Crippen molar-refractivity contribution in [3.63, 3.8) is 0 Å². The molecule has 0 aromatic carbocycles. The van der Waals surface area contributed by atoms with Crippen LogP contribution in [0.15, 0.2) is 11.6 Å². The SMILES string of the molecule is CCCOC1CCCN(c2nc3sccn3c2C=O)C1. The molecule has 1 aliphatic heterocycles. The van der Waals surface area contributed by atoms with E-state index >= 15 is 0 Å². The molecule has 1 aliphatic rings. The third kappa shape index (κ3) is 2.45. The third-order valence-electron chi connectivity index (χ3n) is 3.63.